The van der Waals surface area contributed by atoms with E-state index in [1.807, 2.05) is 35.0 Å². The van der Waals surface area contributed by atoms with Crippen LogP contribution >= 0.6 is 0 Å². The highest BCUT2D eigenvalue weighted by Crippen LogP contribution is 2.27. The number of rotatable bonds is 3. The molecule has 3 rings (SSSR count). The molecule has 1 aliphatic heterocycles. The molecule has 0 spiro atoms. The second-order valence-electron chi connectivity index (χ2n) is 4.42. The van der Waals surface area contributed by atoms with E-state index in [0.29, 0.717) is 0 Å². The molecule has 1 atom stereocenters. The third-order valence-corrected chi connectivity index (χ3v) is 3.27. The molecular weight excluding hydrogens is 242 g/mol. The van der Waals surface area contributed by atoms with Gasteiger partial charge in [0.05, 0.1) is 37.6 Å². The van der Waals surface area contributed by atoms with E-state index in [2.05, 4.69) is 10.3 Å². The fraction of sp³-hybridized carbons (Fsp3) is 0.357. The van der Waals surface area contributed by atoms with Crippen LogP contribution in [0.4, 0.5) is 0 Å². The summed E-state index contributed by atoms with van der Waals surface area (Å²) in [4.78, 5) is 4.25. The molecule has 0 amide bonds. The number of nitrogens with one attached hydrogen (secondary N) is 1. The number of para-hydroxylation sites is 2. The lowest BCUT2D eigenvalue weighted by atomic mass is 10.2. The van der Waals surface area contributed by atoms with Gasteiger partial charge in [-0.3, -0.25) is 4.57 Å². The molecule has 19 heavy (non-hydrogen) atoms. The Morgan fingerprint density at radius 1 is 1.42 bits per heavy atom. The Kier molecular flexibility index (Phi) is 3.48. The van der Waals surface area contributed by atoms with Crippen molar-refractivity contribution in [3.63, 3.8) is 0 Å². The maximum Gasteiger partial charge on any atom is 0.142 e. The highest BCUT2D eigenvalue weighted by molar-refractivity contribution is 5.47. The maximum atomic E-state index is 5.79. The van der Waals surface area contributed by atoms with E-state index in [9.17, 15) is 0 Å². The first-order valence-electron chi connectivity index (χ1n) is 6.38. The first-order chi connectivity index (χ1) is 9.40. The third-order valence-electron chi connectivity index (χ3n) is 3.27. The number of imidazole rings is 1. The number of benzene rings is 1. The number of aromatic nitrogens is 2. The monoisotopic (exact) mass is 259 g/mol. The van der Waals surface area contributed by atoms with Gasteiger partial charge in [0, 0.05) is 13.1 Å². The minimum atomic E-state index is 0.0289. The van der Waals surface area contributed by atoms with Crippen LogP contribution in [0, 0.1) is 0 Å². The lowest BCUT2D eigenvalue weighted by molar-refractivity contribution is 0.0240. The van der Waals surface area contributed by atoms with Crippen LogP contribution in [0.1, 0.15) is 11.8 Å². The van der Waals surface area contributed by atoms with Crippen LogP contribution in [-0.2, 0) is 4.74 Å². The number of morpholine rings is 1. The molecule has 0 radical (unpaired) electrons. The summed E-state index contributed by atoms with van der Waals surface area (Å²) >= 11 is 0. The number of hydrogen-bond donors (Lipinski definition) is 1. The van der Waals surface area contributed by atoms with Gasteiger partial charge < -0.3 is 14.8 Å². The van der Waals surface area contributed by atoms with Gasteiger partial charge in [0.1, 0.15) is 11.9 Å². The summed E-state index contributed by atoms with van der Waals surface area (Å²) in [5, 5.41) is 3.33. The molecule has 5 nitrogen and oxygen atoms in total. The van der Waals surface area contributed by atoms with Gasteiger partial charge in [-0.25, -0.2) is 4.98 Å². The van der Waals surface area contributed by atoms with Crippen LogP contribution in [0.2, 0.25) is 0 Å². The van der Waals surface area contributed by atoms with Gasteiger partial charge in [0.25, 0.3) is 0 Å². The van der Waals surface area contributed by atoms with Crippen molar-refractivity contribution in [1.82, 2.24) is 14.9 Å². The highest BCUT2D eigenvalue weighted by atomic mass is 16.5. The first-order valence-corrected chi connectivity index (χ1v) is 6.38. The van der Waals surface area contributed by atoms with Crippen LogP contribution in [-0.4, -0.2) is 36.4 Å². The summed E-state index contributed by atoms with van der Waals surface area (Å²) in [7, 11) is 1.67. The topological polar surface area (TPSA) is 48.3 Å². The normalized spacial score (nSPS) is 19.3. The van der Waals surface area contributed by atoms with E-state index < -0.39 is 0 Å². The molecule has 1 aromatic heterocycles. The standard InChI is InChI=1S/C14H17N3O2/c1-18-13-5-3-2-4-11(13)17-10-16-8-12(17)14-9-15-6-7-19-14/h2-5,8,10,14-15H,6-7,9H2,1H3. The Morgan fingerprint density at radius 2 is 2.32 bits per heavy atom. The molecule has 1 fully saturated rings. The van der Waals surface area contributed by atoms with E-state index in [1.54, 1.807) is 13.4 Å². The van der Waals surface area contributed by atoms with Crippen LogP contribution in [0.3, 0.4) is 0 Å². The van der Waals surface area contributed by atoms with Crippen LogP contribution in [0.15, 0.2) is 36.8 Å². The Morgan fingerprint density at radius 3 is 3.11 bits per heavy atom. The Bertz CT molecular complexity index is 547. The second kappa shape index (κ2) is 5.42. The van der Waals surface area contributed by atoms with E-state index in [1.165, 1.54) is 0 Å². The van der Waals surface area contributed by atoms with Gasteiger partial charge in [-0.05, 0) is 12.1 Å². The summed E-state index contributed by atoms with van der Waals surface area (Å²) in [6.45, 7) is 2.43. The van der Waals surface area contributed by atoms with Crippen molar-refractivity contribution in [2.24, 2.45) is 0 Å². The van der Waals surface area contributed by atoms with Crippen molar-refractivity contribution in [1.29, 1.82) is 0 Å². The van der Waals surface area contributed by atoms with Gasteiger partial charge in [0.2, 0.25) is 0 Å². The maximum absolute atomic E-state index is 5.79. The minimum Gasteiger partial charge on any atom is -0.495 e. The molecule has 0 saturated carbocycles. The number of nitrogens with zero attached hydrogens (tertiary/aromatic N) is 2. The predicted molar refractivity (Wildman–Crippen MR) is 71.7 cm³/mol. The fourth-order valence-electron chi connectivity index (χ4n) is 2.33. The summed E-state index contributed by atoms with van der Waals surface area (Å²) in [5.41, 5.74) is 2.02. The molecular formula is C14H17N3O2. The summed E-state index contributed by atoms with van der Waals surface area (Å²) in [6.07, 6.45) is 3.68. The zero-order chi connectivity index (χ0) is 13.1. The molecule has 0 aliphatic carbocycles. The molecule has 5 heteroatoms. The third kappa shape index (κ3) is 2.34. The van der Waals surface area contributed by atoms with Gasteiger partial charge in [-0.1, -0.05) is 12.1 Å². The van der Waals surface area contributed by atoms with Crippen molar-refractivity contribution in [3.05, 3.63) is 42.5 Å². The molecule has 1 N–H and O–H groups in total. The Balaban J connectivity index is 1.99. The summed E-state index contributed by atoms with van der Waals surface area (Å²) in [5.74, 6) is 0.825. The van der Waals surface area contributed by atoms with Crippen LogP contribution in [0.25, 0.3) is 5.69 Å². The van der Waals surface area contributed by atoms with E-state index in [-0.39, 0.29) is 6.10 Å². The average molecular weight is 259 g/mol. The Hall–Kier alpha value is -1.85. The minimum absolute atomic E-state index is 0.0289. The van der Waals surface area contributed by atoms with Crippen LogP contribution in [0.5, 0.6) is 5.75 Å². The number of ether oxygens (including phenoxy) is 2. The molecule has 0 bridgehead atoms. The van der Waals surface area contributed by atoms with Gasteiger partial charge in [-0.15, -0.1) is 0 Å². The molecule has 1 aromatic carbocycles. The summed E-state index contributed by atoms with van der Waals surface area (Å²) < 4.78 is 13.2. The number of methoxy groups -OCH3 is 1. The Labute approximate surface area is 112 Å². The van der Waals surface area contributed by atoms with Crippen molar-refractivity contribution < 1.29 is 9.47 Å². The van der Waals surface area contributed by atoms with E-state index in [4.69, 9.17) is 9.47 Å². The van der Waals surface area contributed by atoms with E-state index >= 15 is 0 Å². The first kappa shape index (κ1) is 12.2. The fourth-order valence-corrected chi connectivity index (χ4v) is 2.33. The quantitative estimate of drug-likeness (QED) is 0.908. The van der Waals surface area contributed by atoms with Crippen molar-refractivity contribution in [2.75, 3.05) is 26.8 Å². The SMILES string of the molecule is COc1ccccc1-n1cncc1C1CNCCO1. The van der Waals surface area contributed by atoms with Gasteiger partial charge in [-0.2, -0.15) is 0 Å². The van der Waals surface area contributed by atoms with Crippen LogP contribution < -0.4 is 10.1 Å². The van der Waals surface area contributed by atoms with Crippen molar-refractivity contribution in [2.45, 2.75) is 6.10 Å². The largest absolute Gasteiger partial charge is 0.495 e. The van der Waals surface area contributed by atoms with Gasteiger partial charge >= 0.3 is 0 Å². The smallest absolute Gasteiger partial charge is 0.142 e. The molecule has 100 valence electrons. The second-order valence-corrected chi connectivity index (χ2v) is 4.42. The molecule has 2 heterocycles. The molecule has 2 aromatic rings. The van der Waals surface area contributed by atoms with Crippen molar-refractivity contribution in [3.8, 4) is 11.4 Å². The molecule has 1 unspecified atom stereocenters. The predicted octanol–water partition coefficient (Wildman–Crippen LogP) is 1.54. The number of hydrogen-bond acceptors (Lipinski definition) is 4. The van der Waals surface area contributed by atoms with Gasteiger partial charge in [0.15, 0.2) is 0 Å². The van der Waals surface area contributed by atoms with Crippen molar-refractivity contribution >= 4 is 0 Å². The molecule has 1 saturated heterocycles. The average Bonchev–Trinajstić information content (AvgIpc) is 2.97. The van der Waals surface area contributed by atoms with E-state index in [0.717, 1.165) is 36.8 Å². The highest BCUT2D eigenvalue weighted by Gasteiger charge is 2.21. The lowest BCUT2D eigenvalue weighted by Gasteiger charge is -2.24. The zero-order valence-electron chi connectivity index (χ0n) is 10.9. The lowest BCUT2D eigenvalue weighted by Crippen LogP contribution is -2.34. The summed E-state index contributed by atoms with van der Waals surface area (Å²) in [6, 6.07) is 7.90. The zero-order valence-corrected chi connectivity index (χ0v) is 10.9. The molecule has 1 aliphatic rings.